The van der Waals surface area contributed by atoms with E-state index in [4.69, 9.17) is 21.1 Å². The second-order valence-electron chi connectivity index (χ2n) is 7.50. The molecule has 0 saturated carbocycles. The maximum Gasteiger partial charge on any atom is 0.227 e. The zero-order chi connectivity index (χ0) is 21.0. The fourth-order valence-corrected chi connectivity index (χ4v) is 4.40. The highest BCUT2D eigenvalue weighted by Gasteiger charge is 2.35. The van der Waals surface area contributed by atoms with Gasteiger partial charge < -0.3 is 14.4 Å². The number of carbonyl (C=O) groups excluding carboxylic acids is 1. The molecule has 1 amide bonds. The molecule has 0 unspecified atom stereocenters. The van der Waals surface area contributed by atoms with Crippen molar-refractivity contribution in [1.82, 2.24) is 15.1 Å². The van der Waals surface area contributed by atoms with Crippen LogP contribution in [0.25, 0.3) is 22.2 Å². The fourth-order valence-electron chi connectivity index (χ4n) is 4.18. The molecule has 6 nitrogen and oxygen atoms in total. The maximum atomic E-state index is 13.9. The average molecular weight is 425 g/mol. The minimum Gasteiger partial charge on any atom is -0.361 e. The summed E-state index contributed by atoms with van der Waals surface area (Å²) in [6.07, 6.45) is 0.948. The van der Waals surface area contributed by atoms with E-state index in [1.807, 2.05) is 32.0 Å². The van der Waals surface area contributed by atoms with Gasteiger partial charge in [0.05, 0.1) is 22.8 Å². The smallest absolute Gasteiger partial charge is 0.227 e. The van der Waals surface area contributed by atoms with Gasteiger partial charge >= 0.3 is 0 Å². The molecule has 2 aromatic carbocycles. The monoisotopic (exact) mass is 424 g/mol. The molecule has 1 saturated heterocycles. The van der Waals surface area contributed by atoms with Gasteiger partial charge in [-0.15, -0.1) is 0 Å². The van der Waals surface area contributed by atoms with E-state index < -0.39 is 5.82 Å². The van der Waals surface area contributed by atoms with Gasteiger partial charge in [0, 0.05) is 22.7 Å². The van der Waals surface area contributed by atoms with Crippen LogP contribution in [-0.2, 0) is 4.79 Å². The van der Waals surface area contributed by atoms with E-state index in [1.165, 1.54) is 12.1 Å². The minimum atomic E-state index is -0.482. The lowest BCUT2D eigenvalue weighted by Gasteiger charge is -2.23. The van der Waals surface area contributed by atoms with Gasteiger partial charge in [0.2, 0.25) is 5.91 Å². The molecule has 1 aliphatic heterocycles. The summed E-state index contributed by atoms with van der Waals surface area (Å²) in [5.41, 5.74) is 4.83. The summed E-state index contributed by atoms with van der Waals surface area (Å²) in [6.45, 7) is 3.78. The zero-order valence-corrected chi connectivity index (χ0v) is 17.1. The molecular weight excluding hydrogens is 407 g/mol. The number of aromatic nitrogens is 3. The first-order valence-electron chi connectivity index (χ1n) is 9.62. The molecular formula is C22H18ClFN4O2. The number of nitrogens with zero attached hydrogens (tertiary/aromatic N) is 3. The first kappa shape index (κ1) is 18.8. The summed E-state index contributed by atoms with van der Waals surface area (Å²) in [5.74, 6) is 0.845. The highest BCUT2D eigenvalue weighted by atomic mass is 35.5. The van der Waals surface area contributed by atoms with Crippen LogP contribution in [0.3, 0.4) is 0 Å². The van der Waals surface area contributed by atoms with E-state index >= 15 is 0 Å². The number of hydrogen-bond acceptors (Lipinski definition) is 4. The summed E-state index contributed by atoms with van der Waals surface area (Å²) < 4.78 is 19.2. The molecule has 1 fully saturated rings. The Morgan fingerprint density at radius 2 is 2.07 bits per heavy atom. The first-order valence-corrected chi connectivity index (χ1v) is 9.99. The number of imidazole rings is 1. The Labute approximate surface area is 176 Å². The Kier molecular flexibility index (Phi) is 4.36. The van der Waals surface area contributed by atoms with Crippen LogP contribution in [0.1, 0.15) is 36.2 Å². The number of halogens is 2. The van der Waals surface area contributed by atoms with Gasteiger partial charge in [0.25, 0.3) is 0 Å². The van der Waals surface area contributed by atoms with E-state index in [0.717, 1.165) is 33.6 Å². The van der Waals surface area contributed by atoms with Crippen molar-refractivity contribution in [2.24, 2.45) is 0 Å². The Morgan fingerprint density at radius 1 is 1.23 bits per heavy atom. The van der Waals surface area contributed by atoms with Crippen molar-refractivity contribution < 1.29 is 13.7 Å². The molecule has 1 N–H and O–H groups in total. The van der Waals surface area contributed by atoms with Gasteiger partial charge in [-0.3, -0.25) is 4.79 Å². The van der Waals surface area contributed by atoms with Crippen molar-refractivity contribution in [2.75, 3.05) is 4.90 Å². The molecule has 1 aliphatic rings. The van der Waals surface area contributed by atoms with Crippen molar-refractivity contribution in [3.63, 3.8) is 0 Å². The van der Waals surface area contributed by atoms with Crippen molar-refractivity contribution in [1.29, 1.82) is 0 Å². The third-order valence-electron chi connectivity index (χ3n) is 5.48. The largest absolute Gasteiger partial charge is 0.361 e. The van der Waals surface area contributed by atoms with E-state index in [9.17, 15) is 9.18 Å². The summed E-state index contributed by atoms with van der Waals surface area (Å²) >= 11 is 6.01. The van der Waals surface area contributed by atoms with Crippen molar-refractivity contribution >= 4 is 34.2 Å². The van der Waals surface area contributed by atoms with E-state index in [2.05, 4.69) is 10.1 Å². The molecule has 5 rings (SSSR count). The quantitative estimate of drug-likeness (QED) is 0.471. The number of fused-ring (bicyclic) bond motifs is 1. The fraction of sp³-hybridized carbons (Fsp3) is 0.227. The molecule has 1 atom stereocenters. The molecule has 0 spiro atoms. The van der Waals surface area contributed by atoms with E-state index in [0.29, 0.717) is 24.4 Å². The number of aryl methyl sites for hydroxylation is 2. The molecule has 3 heterocycles. The van der Waals surface area contributed by atoms with Crippen LogP contribution in [0.5, 0.6) is 0 Å². The van der Waals surface area contributed by atoms with Crippen LogP contribution in [0.15, 0.2) is 40.9 Å². The van der Waals surface area contributed by atoms with Crippen LogP contribution in [0, 0.1) is 19.7 Å². The summed E-state index contributed by atoms with van der Waals surface area (Å²) in [4.78, 5) is 22.2. The number of aromatic amines is 1. The number of rotatable bonds is 3. The lowest BCUT2D eigenvalue weighted by Crippen LogP contribution is -2.28. The van der Waals surface area contributed by atoms with Crippen LogP contribution < -0.4 is 4.90 Å². The lowest BCUT2D eigenvalue weighted by molar-refractivity contribution is -0.117. The molecule has 152 valence electrons. The normalized spacial score (nSPS) is 16.7. The minimum absolute atomic E-state index is 0.0847. The summed E-state index contributed by atoms with van der Waals surface area (Å²) in [7, 11) is 0. The Morgan fingerprint density at radius 3 is 2.80 bits per heavy atom. The molecule has 8 heteroatoms. The number of amides is 1. The highest BCUT2D eigenvalue weighted by molar-refractivity contribution is 6.31. The van der Waals surface area contributed by atoms with Crippen LogP contribution in [-0.4, -0.2) is 21.0 Å². The topological polar surface area (TPSA) is 75.0 Å². The molecule has 0 bridgehead atoms. The zero-order valence-electron chi connectivity index (χ0n) is 16.4. The predicted octanol–water partition coefficient (Wildman–Crippen LogP) is 5.50. The van der Waals surface area contributed by atoms with Gasteiger partial charge in [0.15, 0.2) is 0 Å². The lowest BCUT2D eigenvalue weighted by atomic mass is 10.0. The predicted molar refractivity (Wildman–Crippen MR) is 112 cm³/mol. The number of benzene rings is 2. The number of nitrogens with one attached hydrogen (secondary N) is 1. The van der Waals surface area contributed by atoms with Crippen LogP contribution in [0.2, 0.25) is 5.02 Å². The van der Waals surface area contributed by atoms with E-state index in [1.54, 1.807) is 11.0 Å². The SMILES string of the molecule is Cc1noc(C)c1-c1ccc2nc([C@@H]3CCC(=O)N3c3cc(F)cc(Cl)c3)[nH]c2c1. The number of anilines is 1. The molecule has 2 aromatic heterocycles. The van der Waals surface area contributed by atoms with Crippen LogP contribution >= 0.6 is 11.6 Å². The van der Waals surface area contributed by atoms with Gasteiger partial charge in [0.1, 0.15) is 17.4 Å². The summed E-state index contributed by atoms with van der Waals surface area (Å²) in [5, 5.41) is 4.27. The second kappa shape index (κ2) is 6.95. The Balaban J connectivity index is 1.56. The summed E-state index contributed by atoms with van der Waals surface area (Å²) in [6, 6.07) is 9.72. The van der Waals surface area contributed by atoms with Crippen molar-refractivity contribution in [3.8, 4) is 11.1 Å². The number of H-pyrrole nitrogens is 1. The third kappa shape index (κ3) is 3.06. The molecule has 30 heavy (non-hydrogen) atoms. The number of hydrogen-bond donors (Lipinski definition) is 1. The average Bonchev–Trinajstić information content (AvgIpc) is 3.37. The first-order chi connectivity index (χ1) is 14.4. The van der Waals surface area contributed by atoms with E-state index in [-0.39, 0.29) is 17.0 Å². The van der Waals surface area contributed by atoms with Gasteiger partial charge in [-0.1, -0.05) is 22.8 Å². The molecule has 0 aliphatic carbocycles. The maximum absolute atomic E-state index is 13.9. The van der Waals surface area contributed by atoms with Gasteiger partial charge in [-0.05, 0) is 56.2 Å². The highest BCUT2D eigenvalue weighted by Crippen LogP contribution is 2.38. The third-order valence-corrected chi connectivity index (χ3v) is 5.69. The van der Waals surface area contributed by atoms with Gasteiger partial charge in [-0.2, -0.15) is 0 Å². The second-order valence-corrected chi connectivity index (χ2v) is 7.94. The Bertz CT molecular complexity index is 1260. The van der Waals surface area contributed by atoms with Gasteiger partial charge in [-0.25, -0.2) is 9.37 Å². The molecule has 4 aromatic rings. The molecule has 0 radical (unpaired) electrons. The standard InChI is InChI=1S/C22H18ClFN4O2/c1-11-21(12(2)30-27-11)13-3-4-17-18(7-13)26-22(25-17)19-5-6-20(29)28(19)16-9-14(23)8-15(24)10-16/h3-4,7-10,19H,5-6H2,1-2H3,(H,25,26)/t19-/m0/s1. The van der Waals surface area contributed by atoms with Crippen LogP contribution in [0.4, 0.5) is 10.1 Å². The van der Waals surface area contributed by atoms with Crippen molar-refractivity contribution in [2.45, 2.75) is 32.7 Å². The number of carbonyl (C=O) groups is 1. The van der Waals surface area contributed by atoms with Crippen molar-refractivity contribution in [3.05, 3.63) is 64.5 Å². The Hall–Kier alpha value is -3.19.